The predicted octanol–water partition coefficient (Wildman–Crippen LogP) is 4.29. The number of nitrogens with one attached hydrogen (secondary N) is 1. The summed E-state index contributed by atoms with van der Waals surface area (Å²) in [5.41, 5.74) is 3.80. The van der Waals surface area contributed by atoms with E-state index in [1.807, 2.05) is 43.5 Å². The van der Waals surface area contributed by atoms with Gasteiger partial charge >= 0.3 is 0 Å². The molecule has 2 heterocycles. The van der Waals surface area contributed by atoms with Gasteiger partial charge in [0.15, 0.2) is 0 Å². The van der Waals surface area contributed by atoms with E-state index in [2.05, 4.69) is 15.5 Å². The molecule has 1 aromatic carbocycles. The van der Waals surface area contributed by atoms with E-state index in [1.165, 1.54) is 0 Å². The van der Waals surface area contributed by atoms with Crippen LogP contribution in [-0.4, -0.2) is 21.8 Å². The van der Waals surface area contributed by atoms with Crippen LogP contribution in [0, 0.1) is 13.8 Å². The Bertz CT molecular complexity index is 791. The summed E-state index contributed by atoms with van der Waals surface area (Å²) in [6, 6.07) is 7.72. The number of hydrogen-bond acceptors (Lipinski definition) is 6. The van der Waals surface area contributed by atoms with Crippen LogP contribution in [0.4, 0.5) is 5.69 Å². The molecular formula is C17H17N3O2S2. The quantitative estimate of drug-likeness (QED) is 0.711. The lowest BCUT2D eigenvalue weighted by Gasteiger charge is -2.06. The summed E-state index contributed by atoms with van der Waals surface area (Å²) in [6.07, 6.45) is 1.78. The number of nitrogens with zero attached hydrogens (tertiary/aromatic N) is 2. The molecule has 0 aliphatic heterocycles. The second kappa shape index (κ2) is 7.63. The van der Waals surface area contributed by atoms with Gasteiger partial charge in [0, 0.05) is 34.1 Å². The average Bonchev–Trinajstić information content (AvgIpc) is 3.21. The fourth-order valence-electron chi connectivity index (χ4n) is 2.21. The zero-order chi connectivity index (χ0) is 16.9. The Morgan fingerprint density at radius 3 is 2.71 bits per heavy atom. The monoisotopic (exact) mass is 359 g/mol. The number of thiazole rings is 1. The van der Waals surface area contributed by atoms with E-state index in [-0.39, 0.29) is 5.91 Å². The van der Waals surface area contributed by atoms with E-state index >= 15 is 0 Å². The van der Waals surface area contributed by atoms with Crippen LogP contribution in [0.1, 0.15) is 17.0 Å². The summed E-state index contributed by atoms with van der Waals surface area (Å²) < 4.78 is 5.12. The summed E-state index contributed by atoms with van der Waals surface area (Å²) in [5.74, 6) is 1.91. The molecule has 0 spiro atoms. The molecule has 0 aliphatic rings. The maximum Gasteiger partial charge on any atom is 0.234 e. The third-order valence-corrected chi connectivity index (χ3v) is 5.29. The normalized spacial score (nSPS) is 10.8. The van der Waals surface area contributed by atoms with Crippen molar-refractivity contribution >= 4 is 34.7 Å². The number of thioether (sulfide) groups is 1. The number of benzene rings is 1. The number of hydrogen-bond donors (Lipinski definition) is 1. The molecule has 0 radical (unpaired) electrons. The Morgan fingerprint density at radius 2 is 2.08 bits per heavy atom. The minimum atomic E-state index is -0.0197. The molecule has 2 aromatic heterocycles. The summed E-state index contributed by atoms with van der Waals surface area (Å²) in [7, 11) is 0. The minimum absolute atomic E-state index is 0.0197. The van der Waals surface area contributed by atoms with Crippen LogP contribution in [-0.2, 0) is 10.5 Å². The van der Waals surface area contributed by atoms with E-state index in [0.717, 1.165) is 39.0 Å². The van der Waals surface area contributed by atoms with Crippen molar-refractivity contribution < 1.29 is 9.32 Å². The molecular weight excluding hydrogens is 342 g/mol. The van der Waals surface area contributed by atoms with Gasteiger partial charge < -0.3 is 9.84 Å². The van der Waals surface area contributed by atoms with Crippen molar-refractivity contribution in [2.24, 2.45) is 0 Å². The van der Waals surface area contributed by atoms with Gasteiger partial charge in [0.25, 0.3) is 0 Å². The van der Waals surface area contributed by atoms with Crippen LogP contribution in [0.15, 0.2) is 40.4 Å². The highest BCUT2D eigenvalue weighted by atomic mass is 32.2. The van der Waals surface area contributed by atoms with Crippen molar-refractivity contribution in [3.63, 3.8) is 0 Å². The molecule has 5 nitrogen and oxygen atoms in total. The van der Waals surface area contributed by atoms with E-state index in [1.54, 1.807) is 29.3 Å². The molecule has 7 heteroatoms. The maximum atomic E-state index is 12.0. The number of carbonyl (C=O) groups is 1. The van der Waals surface area contributed by atoms with Crippen molar-refractivity contribution in [3.05, 3.63) is 52.9 Å². The number of amides is 1. The van der Waals surface area contributed by atoms with E-state index in [4.69, 9.17) is 4.52 Å². The fourth-order valence-corrected chi connectivity index (χ4v) is 3.83. The van der Waals surface area contributed by atoms with E-state index < -0.39 is 0 Å². The molecule has 0 fully saturated rings. The first-order valence-electron chi connectivity index (χ1n) is 7.43. The predicted molar refractivity (Wildman–Crippen MR) is 98.3 cm³/mol. The highest BCUT2D eigenvalue weighted by molar-refractivity contribution is 7.99. The van der Waals surface area contributed by atoms with Crippen LogP contribution in [0.3, 0.4) is 0 Å². The van der Waals surface area contributed by atoms with Crippen molar-refractivity contribution in [1.29, 1.82) is 0 Å². The van der Waals surface area contributed by atoms with Gasteiger partial charge in [-0.3, -0.25) is 4.79 Å². The fraction of sp³-hybridized carbons (Fsp3) is 0.235. The molecule has 0 saturated carbocycles. The van der Waals surface area contributed by atoms with Gasteiger partial charge in [-0.05, 0) is 38.1 Å². The van der Waals surface area contributed by atoms with Crippen molar-refractivity contribution in [3.8, 4) is 10.6 Å². The Morgan fingerprint density at radius 1 is 1.29 bits per heavy atom. The third-order valence-electron chi connectivity index (χ3n) is 3.51. The highest BCUT2D eigenvalue weighted by Gasteiger charge is 2.10. The standard InChI is InChI=1S/C17H17N3O2S2/c1-11-15(12(2)22-20-11)9-23-10-16(21)19-14-5-3-13(4-6-14)17-18-7-8-24-17/h3-8H,9-10H2,1-2H3,(H,19,21). The third kappa shape index (κ3) is 4.04. The topological polar surface area (TPSA) is 68.0 Å². The zero-order valence-corrected chi connectivity index (χ0v) is 15.0. The van der Waals surface area contributed by atoms with Crippen molar-refractivity contribution in [2.75, 3.05) is 11.1 Å². The number of carbonyl (C=O) groups excluding carboxylic acids is 1. The first-order chi connectivity index (χ1) is 11.6. The van der Waals surface area contributed by atoms with E-state index in [9.17, 15) is 4.79 Å². The average molecular weight is 359 g/mol. The number of aryl methyl sites for hydroxylation is 2. The lowest BCUT2D eigenvalue weighted by molar-refractivity contribution is -0.113. The zero-order valence-electron chi connectivity index (χ0n) is 13.4. The number of anilines is 1. The van der Waals surface area contributed by atoms with Crippen molar-refractivity contribution in [1.82, 2.24) is 10.1 Å². The second-order valence-corrected chi connectivity index (χ2v) is 7.14. The molecule has 0 atom stereocenters. The van der Waals surface area contributed by atoms with Crippen LogP contribution >= 0.6 is 23.1 Å². The molecule has 124 valence electrons. The molecule has 0 unspecified atom stereocenters. The number of aromatic nitrogens is 2. The Kier molecular flexibility index (Phi) is 5.32. The summed E-state index contributed by atoms with van der Waals surface area (Å²) in [5, 5.41) is 9.75. The van der Waals surface area contributed by atoms with Crippen molar-refractivity contribution in [2.45, 2.75) is 19.6 Å². The van der Waals surface area contributed by atoms with Gasteiger partial charge in [-0.25, -0.2) is 4.98 Å². The molecule has 0 bridgehead atoms. The van der Waals surface area contributed by atoms with Gasteiger partial charge in [-0.2, -0.15) is 0 Å². The molecule has 3 aromatic rings. The van der Waals surface area contributed by atoms with Gasteiger partial charge in [-0.15, -0.1) is 23.1 Å². The number of rotatable bonds is 6. The Balaban J connectivity index is 1.50. The lowest BCUT2D eigenvalue weighted by atomic mass is 10.2. The molecule has 1 amide bonds. The first-order valence-corrected chi connectivity index (χ1v) is 9.46. The van der Waals surface area contributed by atoms with Crippen LogP contribution < -0.4 is 5.32 Å². The second-order valence-electron chi connectivity index (χ2n) is 5.26. The van der Waals surface area contributed by atoms with Gasteiger partial charge in [0.05, 0.1) is 11.4 Å². The SMILES string of the molecule is Cc1noc(C)c1CSCC(=O)Nc1ccc(-c2nccs2)cc1. The van der Waals surface area contributed by atoms with Gasteiger partial charge in [-0.1, -0.05) is 5.16 Å². The van der Waals surface area contributed by atoms with Crippen LogP contribution in [0.5, 0.6) is 0 Å². The molecule has 0 aliphatic carbocycles. The summed E-state index contributed by atoms with van der Waals surface area (Å²) in [6.45, 7) is 3.80. The Labute approximate surface area is 148 Å². The summed E-state index contributed by atoms with van der Waals surface area (Å²) in [4.78, 5) is 16.3. The highest BCUT2D eigenvalue weighted by Crippen LogP contribution is 2.23. The molecule has 1 N–H and O–H groups in total. The first kappa shape index (κ1) is 16.7. The minimum Gasteiger partial charge on any atom is -0.361 e. The molecule has 3 rings (SSSR count). The Hall–Kier alpha value is -2.12. The van der Waals surface area contributed by atoms with Gasteiger partial charge in [0.2, 0.25) is 5.91 Å². The largest absolute Gasteiger partial charge is 0.361 e. The van der Waals surface area contributed by atoms with Crippen LogP contribution in [0.2, 0.25) is 0 Å². The summed E-state index contributed by atoms with van der Waals surface area (Å²) >= 11 is 3.14. The smallest absolute Gasteiger partial charge is 0.234 e. The van der Waals surface area contributed by atoms with Gasteiger partial charge in [0.1, 0.15) is 10.8 Å². The molecule has 0 saturated heterocycles. The molecule has 24 heavy (non-hydrogen) atoms. The lowest BCUT2D eigenvalue weighted by Crippen LogP contribution is -2.14. The van der Waals surface area contributed by atoms with E-state index in [0.29, 0.717) is 5.75 Å². The maximum absolute atomic E-state index is 12.0. The van der Waals surface area contributed by atoms with Crippen LogP contribution in [0.25, 0.3) is 10.6 Å².